The molecule has 3 unspecified atom stereocenters. The first kappa shape index (κ1) is 6.65. The van der Waals surface area contributed by atoms with E-state index in [2.05, 4.69) is 18.7 Å². The van der Waals surface area contributed by atoms with Crippen LogP contribution in [-0.2, 0) is 0 Å². The highest BCUT2D eigenvalue weighted by molar-refractivity contribution is 6.33. The average Bonchev–Trinajstić information content (AvgIpc) is 2.48. The zero-order valence-electron chi connectivity index (χ0n) is 6.51. The molecule has 2 radical (unpaired) electrons. The molecule has 0 N–H and O–H groups in total. The van der Waals surface area contributed by atoms with Crippen molar-refractivity contribution >= 4 is 9.52 Å². The highest BCUT2D eigenvalue weighted by Crippen LogP contribution is 2.44. The van der Waals surface area contributed by atoms with E-state index in [4.69, 9.17) is 0 Å². The second-order valence-corrected chi connectivity index (χ2v) is 4.71. The predicted molar refractivity (Wildman–Crippen MR) is 45.3 cm³/mol. The van der Waals surface area contributed by atoms with E-state index in [0.29, 0.717) is 0 Å². The lowest BCUT2D eigenvalue weighted by Gasteiger charge is -2.15. The van der Waals surface area contributed by atoms with Crippen molar-refractivity contribution in [1.82, 2.24) is 0 Å². The minimum Gasteiger partial charge on any atom is -0.0851 e. The fourth-order valence-corrected chi connectivity index (χ4v) is 3.39. The Morgan fingerprint density at radius 1 is 1.40 bits per heavy atom. The van der Waals surface area contributed by atoms with Gasteiger partial charge in [0, 0.05) is 9.52 Å². The van der Waals surface area contributed by atoms with Crippen molar-refractivity contribution in [2.45, 2.75) is 25.4 Å². The zero-order chi connectivity index (χ0) is 6.97. The Labute approximate surface area is 65.5 Å². The maximum absolute atomic E-state index is 2.46. The summed E-state index contributed by atoms with van der Waals surface area (Å²) in [7, 11) is 1.17. The molecule has 3 atom stereocenters. The van der Waals surface area contributed by atoms with Crippen molar-refractivity contribution < 1.29 is 0 Å². The Bertz CT molecular complexity index is 151. The van der Waals surface area contributed by atoms with Crippen molar-refractivity contribution in [3.63, 3.8) is 0 Å². The van der Waals surface area contributed by atoms with Gasteiger partial charge in [0.1, 0.15) is 0 Å². The fourth-order valence-electron chi connectivity index (χ4n) is 2.39. The molecule has 1 saturated carbocycles. The van der Waals surface area contributed by atoms with Crippen LogP contribution in [0.1, 0.15) is 12.8 Å². The number of rotatable bonds is 2. The van der Waals surface area contributed by atoms with Crippen molar-refractivity contribution in [3.05, 3.63) is 12.2 Å². The predicted octanol–water partition coefficient (Wildman–Crippen LogP) is 2.37. The van der Waals surface area contributed by atoms with Gasteiger partial charge >= 0.3 is 0 Å². The van der Waals surface area contributed by atoms with E-state index in [1.54, 1.807) is 0 Å². The molecule has 10 heavy (non-hydrogen) atoms. The van der Waals surface area contributed by atoms with E-state index in [0.717, 1.165) is 17.8 Å². The zero-order valence-corrected chi connectivity index (χ0v) is 7.51. The Balaban J connectivity index is 1.96. The molecule has 1 fully saturated rings. The van der Waals surface area contributed by atoms with Gasteiger partial charge in [0.25, 0.3) is 0 Å². The summed E-state index contributed by atoms with van der Waals surface area (Å²) in [4.78, 5) is 0. The molecule has 0 aromatic heterocycles. The van der Waals surface area contributed by atoms with Gasteiger partial charge in [-0.05, 0) is 30.6 Å². The molecule has 2 aliphatic rings. The van der Waals surface area contributed by atoms with Gasteiger partial charge in [-0.2, -0.15) is 0 Å². The first-order valence-corrected chi connectivity index (χ1v) is 5.94. The van der Waals surface area contributed by atoms with Gasteiger partial charge in [-0.25, -0.2) is 0 Å². The second kappa shape index (κ2) is 2.53. The molecular formula is C9H14Si. The van der Waals surface area contributed by atoms with E-state index in [9.17, 15) is 0 Å². The standard InChI is InChI=1S/C9H14Si/c1-10-6-9-5-7-2-3-8(9)4-7/h2-3,7-9H,4-6H2,1H3. The molecule has 54 valence electrons. The van der Waals surface area contributed by atoms with Crippen molar-refractivity contribution in [2.24, 2.45) is 17.8 Å². The van der Waals surface area contributed by atoms with E-state index in [-0.39, 0.29) is 0 Å². The van der Waals surface area contributed by atoms with E-state index < -0.39 is 0 Å². The topological polar surface area (TPSA) is 0 Å². The molecule has 0 spiro atoms. The smallest absolute Gasteiger partial charge is 0.0345 e. The van der Waals surface area contributed by atoms with Crippen LogP contribution in [0.5, 0.6) is 0 Å². The van der Waals surface area contributed by atoms with Crippen LogP contribution in [0.15, 0.2) is 12.2 Å². The Morgan fingerprint density at radius 2 is 2.30 bits per heavy atom. The van der Waals surface area contributed by atoms with Gasteiger partial charge in [-0.1, -0.05) is 24.7 Å². The Hall–Kier alpha value is -0.0431. The summed E-state index contributed by atoms with van der Waals surface area (Å²) in [6, 6.07) is 1.49. The highest BCUT2D eigenvalue weighted by Gasteiger charge is 2.34. The lowest BCUT2D eigenvalue weighted by Crippen LogP contribution is -2.07. The minimum absolute atomic E-state index is 0.978. The molecule has 0 heterocycles. The van der Waals surface area contributed by atoms with Gasteiger partial charge < -0.3 is 0 Å². The monoisotopic (exact) mass is 150 g/mol. The molecule has 0 aliphatic heterocycles. The third-order valence-corrected chi connectivity index (χ3v) is 3.82. The number of allylic oxidation sites excluding steroid dienone is 2. The van der Waals surface area contributed by atoms with Gasteiger partial charge in [0.05, 0.1) is 0 Å². The molecule has 0 aromatic carbocycles. The molecule has 0 aromatic rings. The Kier molecular flexibility index (Phi) is 1.69. The van der Waals surface area contributed by atoms with Crippen LogP contribution in [0.4, 0.5) is 0 Å². The van der Waals surface area contributed by atoms with Crippen LogP contribution in [0.2, 0.25) is 12.6 Å². The number of hydrogen-bond donors (Lipinski definition) is 0. The third-order valence-electron chi connectivity index (χ3n) is 2.88. The summed E-state index contributed by atoms with van der Waals surface area (Å²) in [5.74, 6) is 3.03. The second-order valence-electron chi connectivity index (χ2n) is 3.60. The van der Waals surface area contributed by atoms with E-state index >= 15 is 0 Å². The maximum Gasteiger partial charge on any atom is 0.0345 e. The van der Waals surface area contributed by atoms with Crippen LogP contribution in [0, 0.1) is 17.8 Å². The summed E-state index contributed by atoms with van der Waals surface area (Å²) in [5, 5.41) is 0. The van der Waals surface area contributed by atoms with Crippen molar-refractivity contribution in [3.8, 4) is 0 Å². The fraction of sp³-hybridized carbons (Fsp3) is 0.778. The summed E-state index contributed by atoms with van der Waals surface area (Å²) in [5.41, 5.74) is 0. The Morgan fingerprint density at radius 3 is 2.80 bits per heavy atom. The summed E-state index contributed by atoms with van der Waals surface area (Å²) in [6.07, 6.45) is 7.87. The molecule has 2 rings (SSSR count). The summed E-state index contributed by atoms with van der Waals surface area (Å²) in [6.45, 7) is 2.33. The highest BCUT2D eigenvalue weighted by atomic mass is 28.2. The van der Waals surface area contributed by atoms with Gasteiger partial charge in [0.15, 0.2) is 0 Å². The van der Waals surface area contributed by atoms with Crippen LogP contribution in [0.3, 0.4) is 0 Å². The van der Waals surface area contributed by atoms with Gasteiger partial charge in [0.2, 0.25) is 0 Å². The maximum atomic E-state index is 2.46. The van der Waals surface area contributed by atoms with E-state index in [1.165, 1.54) is 28.4 Å². The van der Waals surface area contributed by atoms with Crippen molar-refractivity contribution in [1.29, 1.82) is 0 Å². The average molecular weight is 150 g/mol. The SMILES string of the molecule is C[Si]CC1CC2C=CC1C2. The molecule has 0 amide bonds. The first-order chi connectivity index (χ1) is 4.90. The largest absolute Gasteiger partial charge is 0.0851 e. The normalized spacial score (nSPS) is 43.1. The lowest BCUT2D eigenvalue weighted by atomic mass is 9.96. The molecule has 2 aliphatic carbocycles. The van der Waals surface area contributed by atoms with Gasteiger partial charge in [-0.3, -0.25) is 0 Å². The van der Waals surface area contributed by atoms with Crippen LogP contribution in [-0.4, -0.2) is 9.52 Å². The molecule has 0 nitrogen and oxygen atoms in total. The molecule has 0 saturated heterocycles. The number of hydrogen-bond acceptors (Lipinski definition) is 0. The van der Waals surface area contributed by atoms with E-state index in [1.807, 2.05) is 0 Å². The van der Waals surface area contributed by atoms with Crippen LogP contribution in [0.25, 0.3) is 0 Å². The molecular weight excluding hydrogens is 136 g/mol. The minimum atomic E-state index is 0.978. The third kappa shape index (κ3) is 0.967. The van der Waals surface area contributed by atoms with Crippen LogP contribution >= 0.6 is 0 Å². The quantitative estimate of drug-likeness (QED) is 0.419. The van der Waals surface area contributed by atoms with Gasteiger partial charge in [-0.15, -0.1) is 0 Å². The molecule has 1 heteroatoms. The van der Waals surface area contributed by atoms with Crippen LogP contribution < -0.4 is 0 Å². The van der Waals surface area contributed by atoms with Crippen molar-refractivity contribution in [2.75, 3.05) is 0 Å². The lowest BCUT2D eigenvalue weighted by molar-refractivity contribution is 0.492. The number of fused-ring (bicyclic) bond motifs is 2. The first-order valence-electron chi connectivity index (χ1n) is 4.23. The molecule has 2 bridgehead atoms. The summed E-state index contributed by atoms with van der Waals surface area (Å²) < 4.78 is 0. The summed E-state index contributed by atoms with van der Waals surface area (Å²) >= 11 is 0.